The van der Waals surface area contributed by atoms with Crippen LogP contribution in [-0.4, -0.2) is 15.2 Å². The molecule has 0 N–H and O–H groups in total. The SMILES string of the molecule is CCC(C)Sc1nc(Cl)ncc1Br. The van der Waals surface area contributed by atoms with Crippen molar-refractivity contribution >= 4 is 39.3 Å². The van der Waals surface area contributed by atoms with Gasteiger partial charge in [-0.2, -0.15) is 0 Å². The van der Waals surface area contributed by atoms with E-state index in [1.165, 1.54) is 0 Å². The van der Waals surface area contributed by atoms with Crippen molar-refractivity contribution in [2.75, 3.05) is 0 Å². The lowest BCUT2D eigenvalue weighted by molar-refractivity contribution is 0.897. The first kappa shape index (κ1) is 11.3. The molecule has 0 saturated heterocycles. The number of thioether (sulfide) groups is 1. The van der Waals surface area contributed by atoms with Gasteiger partial charge >= 0.3 is 0 Å². The first-order chi connectivity index (χ1) is 6.13. The average Bonchev–Trinajstić information content (AvgIpc) is 2.11. The quantitative estimate of drug-likeness (QED) is 0.479. The van der Waals surface area contributed by atoms with Gasteiger partial charge in [-0.1, -0.05) is 13.8 Å². The molecule has 1 unspecified atom stereocenters. The van der Waals surface area contributed by atoms with E-state index < -0.39 is 0 Å². The summed E-state index contributed by atoms with van der Waals surface area (Å²) in [7, 11) is 0. The van der Waals surface area contributed by atoms with Crippen LogP contribution in [0.4, 0.5) is 0 Å². The van der Waals surface area contributed by atoms with Crippen LogP contribution in [0.5, 0.6) is 0 Å². The Kier molecular flexibility index (Phi) is 4.49. The molecular weight excluding hydrogens is 272 g/mol. The molecule has 0 aliphatic rings. The van der Waals surface area contributed by atoms with E-state index in [-0.39, 0.29) is 0 Å². The Labute approximate surface area is 95.6 Å². The minimum atomic E-state index is 0.300. The van der Waals surface area contributed by atoms with Crippen molar-refractivity contribution in [1.29, 1.82) is 0 Å². The van der Waals surface area contributed by atoms with Gasteiger partial charge in [-0.15, -0.1) is 11.8 Å². The highest BCUT2D eigenvalue weighted by atomic mass is 79.9. The molecule has 1 rings (SSSR count). The Morgan fingerprint density at radius 2 is 2.38 bits per heavy atom. The van der Waals surface area contributed by atoms with Crippen LogP contribution >= 0.6 is 39.3 Å². The van der Waals surface area contributed by atoms with E-state index in [0.717, 1.165) is 15.9 Å². The molecular formula is C8H10BrClN2S. The van der Waals surface area contributed by atoms with Crippen molar-refractivity contribution in [1.82, 2.24) is 9.97 Å². The summed E-state index contributed by atoms with van der Waals surface area (Å²) in [4.78, 5) is 8.00. The van der Waals surface area contributed by atoms with E-state index in [0.29, 0.717) is 10.5 Å². The molecule has 1 aromatic rings. The topological polar surface area (TPSA) is 25.8 Å². The monoisotopic (exact) mass is 280 g/mol. The molecule has 72 valence electrons. The third-order valence-corrected chi connectivity index (χ3v) is 3.87. The van der Waals surface area contributed by atoms with Crippen molar-refractivity contribution in [2.45, 2.75) is 30.5 Å². The second-order valence-corrected chi connectivity index (χ2v) is 5.25. The standard InChI is InChI=1S/C8H10BrClN2S/c1-3-5(2)13-7-6(9)4-11-8(10)12-7/h4-5H,3H2,1-2H3. The van der Waals surface area contributed by atoms with Crippen LogP contribution in [0.25, 0.3) is 0 Å². The third-order valence-electron chi connectivity index (χ3n) is 1.57. The van der Waals surface area contributed by atoms with Gasteiger partial charge < -0.3 is 0 Å². The Bertz CT molecular complexity index is 295. The van der Waals surface area contributed by atoms with Crippen LogP contribution in [0.1, 0.15) is 20.3 Å². The van der Waals surface area contributed by atoms with Crippen LogP contribution in [0.2, 0.25) is 5.28 Å². The van der Waals surface area contributed by atoms with Gasteiger partial charge in [-0.25, -0.2) is 9.97 Å². The molecule has 0 spiro atoms. The molecule has 1 heterocycles. The molecule has 13 heavy (non-hydrogen) atoms. The maximum absolute atomic E-state index is 5.69. The second kappa shape index (κ2) is 5.17. The van der Waals surface area contributed by atoms with Gasteiger partial charge in [0.15, 0.2) is 0 Å². The smallest absolute Gasteiger partial charge is 0.223 e. The van der Waals surface area contributed by atoms with Crippen molar-refractivity contribution in [3.05, 3.63) is 16.0 Å². The Morgan fingerprint density at radius 3 is 3.00 bits per heavy atom. The summed E-state index contributed by atoms with van der Waals surface area (Å²) in [6.45, 7) is 4.31. The summed E-state index contributed by atoms with van der Waals surface area (Å²) in [6, 6.07) is 0. The van der Waals surface area contributed by atoms with E-state index in [1.54, 1.807) is 18.0 Å². The maximum atomic E-state index is 5.69. The molecule has 1 atom stereocenters. The first-order valence-corrected chi connectivity index (χ1v) is 6.03. The summed E-state index contributed by atoms with van der Waals surface area (Å²) in [5.41, 5.74) is 0. The van der Waals surface area contributed by atoms with Crippen LogP contribution in [0, 0.1) is 0 Å². The molecule has 0 aromatic carbocycles. The van der Waals surface area contributed by atoms with Gasteiger partial charge in [0.05, 0.1) is 4.47 Å². The van der Waals surface area contributed by atoms with Gasteiger partial charge in [-0.05, 0) is 34.0 Å². The van der Waals surface area contributed by atoms with Crippen molar-refractivity contribution in [3.8, 4) is 0 Å². The molecule has 2 nitrogen and oxygen atoms in total. The average molecular weight is 282 g/mol. The molecule has 0 bridgehead atoms. The van der Waals surface area contributed by atoms with Crippen molar-refractivity contribution < 1.29 is 0 Å². The first-order valence-electron chi connectivity index (χ1n) is 3.98. The molecule has 0 saturated carbocycles. The van der Waals surface area contributed by atoms with Crippen molar-refractivity contribution in [2.24, 2.45) is 0 Å². The molecule has 0 aliphatic carbocycles. The summed E-state index contributed by atoms with van der Waals surface area (Å²) >= 11 is 10.8. The van der Waals surface area contributed by atoms with Crippen LogP contribution < -0.4 is 0 Å². The largest absolute Gasteiger partial charge is 0.225 e. The number of aromatic nitrogens is 2. The van der Waals surface area contributed by atoms with Crippen LogP contribution in [-0.2, 0) is 0 Å². The highest BCUT2D eigenvalue weighted by Crippen LogP contribution is 2.29. The van der Waals surface area contributed by atoms with E-state index >= 15 is 0 Å². The fourth-order valence-corrected chi connectivity index (χ4v) is 2.19. The summed E-state index contributed by atoms with van der Waals surface area (Å²) in [5.74, 6) is 0. The third kappa shape index (κ3) is 3.44. The summed E-state index contributed by atoms with van der Waals surface area (Å²) in [6.07, 6.45) is 2.79. The maximum Gasteiger partial charge on any atom is 0.223 e. The predicted molar refractivity (Wildman–Crippen MR) is 60.4 cm³/mol. The minimum absolute atomic E-state index is 0.300. The minimum Gasteiger partial charge on any atom is -0.225 e. The van der Waals surface area contributed by atoms with Gasteiger partial charge in [0, 0.05) is 11.4 Å². The highest BCUT2D eigenvalue weighted by molar-refractivity contribution is 9.10. The van der Waals surface area contributed by atoms with Crippen LogP contribution in [0.15, 0.2) is 15.7 Å². The normalized spacial score (nSPS) is 12.9. The van der Waals surface area contributed by atoms with E-state index in [1.807, 2.05) is 0 Å². The number of hydrogen-bond acceptors (Lipinski definition) is 3. The van der Waals surface area contributed by atoms with Gasteiger partial charge in [0.25, 0.3) is 0 Å². The zero-order chi connectivity index (χ0) is 9.84. The van der Waals surface area contributed by atoms with Gasteiger partial charge in [-0.3, -0.25) is 0 Å². The fraction of sp³-hybridized carbons (Fsp3) is 0.500. The lowest BCUT2D eigenvalue weighted by Crippen LogP contribution is -1.95. The Hall–Kier alpha value is 0.200. The summed E-state index contributed by atoms with van der Waals surface area (Å²) in [5, 5.41) is 1.76. The number of hydrogen-bond donors (Lipinski definition) is 0. The fourth-order valence-electron chi connectivity index (χ4n) is 0.688. The molecule has 0 aliphatic heterocycles. The molecule has 0 amide bonds. The number of halogens is 2. The van der Waals surface area contributed by atoms with Crippen molar-refractivity contribution in [3.63, 3.8) is 0 Å². The van der Waals surface area contributed by atoms with Gasteiger partial charge in [0.2, 0.25) is 5.28 Å². The molecule has 1 aromatic heterocycles. The molecule has 5 heteroatoms. The zero-order valence-electron chi connectivity index (χ0n) is 7.42. The number of nitrogens with zero attached hydrogens (tertiary/aromatic N) is 2. The molecule has 0 fully saturated rings. The number of rotatable bonds is 3. The van der Waals surface area contributed by atoms with E-state index in [9.17, 15) is 0 Å². The lowest BCUT2D eigenvalue weighted by atomic mass is 10.4. The predicted octanol–water partition coefficient (Wildman–Crippen LogP) is 3.78. The van der Waals surface area contributed by atoms with Gasteiger partial charge in [0.1, 0.15) is 5.03 Å². The Balaban J connectivity index is 2.81. The molecule has 0 radical (unpaired) electrons. The summed E-state index contributed by atoms with van der Waals surface area (Å²) < 4.78 is 0.905. The lowest BCUT2D eigenvalue weighted by Gasteiger charge is -2.08. The zero-order valence-corrected chi connectivity index (χ0v) is 10.6. The van der Waals surface area contributed by atoms with E-state index in [4.69, 9.17) is 11.6 Å². The second-order valence-electron chi connectivity index (χ2n) is 2.63. The van der Waals surface area contributed by atoms with E-state index in [2.05, 4.69) is 39.7 Å². The van der Waals surface area contributed by atoms with Crippen LogP contribution in [0.3, 0.4) is 0 Å². The Morgan fingerprint density at radius 1 is 1.69 bits per heavy atom. The highest BCUT2D eigenvalue weighted by Gasteiger charge is 2.08.